The molecule has 1 heterocycles. The lowest BCUT2D eigenvalue weighted by molar-refractivity contribution is -0.394. The van der Waals surface area contributed by atoms with Gasteiger partial charge in [0.15, 0.2) is 0 Å². The Kier molecular flexibility index (Phi) is 5.86. The van der Waals surface area contributed by atoms with Crippen molar-refractivity contribution < 1.29 is 14.6 Å². The lowest BCUT2D eigenvalue weighted by atomic mass is 10.1. The third-order valence-corrected chi connectivity index (χ3v) is 4.80. The molecule has 28 heavy (non-hydrogen) atoms. The summed E-state index contributed by atoms with van der Waals surface area (Å²) in [5, 5.41) is 22.7. The number of carbonyl (C=O) groups excluding carboxylic acids is 1. The fourth-order valence-electron chi connectivity index (χ4n) is 3.07. The van der Waals surface area contributed by atoms with Gasteiger partial charge in [0.25, 0.3) is 17.3 Å². The maximum atomic E-state index is 12.7. The van der Waals surface area contributed by atoms with Crippen molar-refractivity contribution in [3.63, 3.8) is 0 Å². The summed E-state index contributed by atoms with van der Waals surface area (Å²) in [5.74, 6) is -0.446. The second-order valence-corrected chi connectivity index (χ2v) is 6.88. The summed E-state index contributed by atoms with van der Waals surface area (Å²) in [4.78, 5) is 37.0. The Morgan fingerprint density at radius 1 is 0.929 bits per heavy atom. The van der Waals surface area contributed by atoms with Crippen LogP contribution in [0.1, 0.15) is 15.9 Å². The number of hydrogen-bond acceptors (Lipinski definition) is 6. The molecular weight excluding hydrogens is 388 g/mol. The van der Waals surface area contributed by atoms with Gasteiger partial charge in [0.05, 0.1) is 21.5 Å². The number of benzene rings is 2. The summed E-state index contributed by atoms with van der Waals surface area (Å²) in [6, 6.07) is 10.5. The summed E-state index contributed by atoms with van der Waals surface area (Å²) in [7, 11) is 0. The Labute approximate surface area is 165 Å². The first-order valence-electron chi connectivity index (χ1n) is 8.53. The molecule has 0 N–H and O–H groups in total. The van der Waals surface area contributed by atoms with Gasteiger partial charge in [0.2, 0.25) is 0 Å². The highest BCUT2D eigenvalue weighted by Gasteiger charge is 2.26. The molecule has 3 rings (SSSR count). The Bertz CT molecular complexity index is 878. The van der Waals surface area contributed by atoms with Crippen LogP contribution in [-0.4, -0.2) is 51.7 Å². The number of carbonyl (C=O) groups is 1. The van der Waals surface area contributed by atoms with Crippen molar-refractivity contribution in [2.24, 2.45) is 0 Å². The Balaban J connectivity index is 1.67. The summed E-state index contributed by atoms with van der Waals surface area (Å²) in [6.07, 6.45) is 0. The van der Waals surface area contributed by atoms with Crippen LogP contribution in [0.15, 0.2) is 42.5 Å². The molecule has 0 atom stereocenters. The van der Waals surface area contributed by atoms with Crippen molar-refractivity contribution in [3.8, 4) is 0 Å². The largest absolute Gasteiger partial charge is 0.336 e. The molecule has 1 aliphatic heterocycles. The number of nitro benzene ring substituents is 2. The van der Waals surface area contributed by atoms with E-state index in [1.807, 2.05) is 24.3 Å². The minimum atomic E-state index is -0.742. The molecule has 1 aliphatic rings. The van der Waals surface area contributed by atoms with Crippen molar-refractivity contribution in [1.29, 1.82) is 0 Å². The van der Waals surface area contributed by atoms with Crippen LogP contribution in [-0.2, 0) is 6.54 Å². The van der Waals surface area contributed by atoms with Crippen LogP contribution < -0.4 is 0 Å². The number of nitrogens with zero attached hydrogens (tertiary/aromatic N) is 4. The highest BCUT2D eigenvalue weighted by Crippen LogP contribution is 2.24. The lowest BCUT2D eigenvalue weighted by Crippen LogP contribution is -2.48. The average molecular weight is 405 g/mol. The predicted molar refractivity (Wildman–Crippen MR) is 102 cm³/mol. The molecule has 0 aromatic heterocycles. The van der Waals surface area contributed by atoms with E-state index < -0.39 is 27.1 Å². The molecule has 0 unspecified atom stereocenters. The Hall–Kier alpha value is -3.04. The maximum absolute atomic E-state index is 12.7. The smallest absolute Gasteiger partial charge is 0.277 e. The fraction of sp³-hybridized carbons (Fsp3) is 0.278. The Morgan fingerprint density at radius 2 is 1.46 bits per heavy atom. The molecule has 1 amide bonds. The van der Waals surface area contributed by atoms with Gasteiger partial charge in [-0.2, -0.15) is 0 Å². The Morgan fingerprint density at radius 3 is 1.96 bits per heavy atom. The second-order valence-electron chi connectivity index (χ2n) is 6.45. The van der Waals surface area contributed by atoms with Crippen molar-refractivity contribution in [2.45, 2.75) is 6.54 Å². The second kappa shape index (κ2) is 8.32. The minimum Gasteiger partial charge on any atom is -0.336 e. The first-order valence-corrected chi connectivity index (χ1v) is 8.91. The fourth-order valence-corrected chi connectivity index (χ4v) is 3.20. The zero-order chi connectivity index (χ0) is 20.3. The van der Waals surface area contributed by atoms with Gasteiger partial charge in [-0.1, -0.05) is 23.7 Å². The number of non-ortho nitro benzene ring substituents is 2. The van der Waals surface area contributed by atoms with E-state index in [4.69, 9.17) is 11.6 Å². The molecule has 146 valence electrons. The van der Waals surface area contributed by atoms with Crippen LogP contribution in [0.4, 0.5) is 11.4 Å². The van der Waals surface area contributed by atoms with Crippen LogP contribution in [0.3, 0.4) is 0 Å². The number of amides is 1. The molecule has 2 aromatic rings. The highest BCUT2D eigenvalue weighted by atomic mass is 35.5. The van der Waals surface area contributed by atoms with E-state index in [2.05, 4.69) is 4.90 Å². The van der Waals surface area contributed by atoms with Crippen molar-refractivity contribution in [2.75, 3.05) is 26.2 Å². The quantitative estimate of drug-likeness (QED) is 0.559. The summed E-state index contributed by atoms with van der Waals surface area (Å²) in [5.41, 5.74) is 0.114. The molecule has 2 aromatic carbocycles. The summed E-state index contributed by atoms with van der Waals surface area (Å²) in [6.45, 7) is 2.85. The van der Waals surface area contributed by atoms with Crippen LogP contribution >= 0.6 is 11.6 Å². The van der Waals surface area contributed by atoms with E-state index in [1.165, 1.54) is 0 Å². The van der Waals surface area contributed by atoms with Gasteiger partial charge < -0.3 is 4.90 Å². The van der Waals surface area contributed by atoms with Crippen molar-refractivity contribution >= 4 is 28.9 Å². The molecule has 1 fully saturated rings. The molecule has 0 aliphatic carbocycles. The lowest BCUT2D eigenvalue weighted by Gasteiger charge is -2.34. The molecule has 0 radical (unpaired) electrons. The number of rotatable bonds is 5. The molecule has 0 bridgehead atoms. The third-order valence-electron chi connectivity index (χ3n) is 4.55. The normalized spacial score (nSPS) is 14.7. The SMILES string of the molecule is O=C(c1cc([N+](=O)[O-])cc([N+](=O)[O-])c1)N1CCN(Cc2ccc(Cl)cc2)CC1. The van der Waals surface area contributed by atoms with Gasteiger partial charge in [-0.25, -0.2) is 0 Å². The molecular formula is C18H17ClN4O5. The van der Waals surface area contributed by atoms with E-state index in [1.54, 1.807) is 4.90 Å². The van der Waals surface area contributed by atoms with Crippen molar-refractivity contribution in [3.05, 3.63) is 78.8 Å². The van der Waals surface area contributed by atoms with Gasteiger partial charge in [-0.3, -0.25) is 29.9 Å². The molecule has 0 spiro atoms. The summed E-state index contributed by atoms with van der Waals surface area (Å²) >= 11 is 5.89. The molecule has 1 saturated heterocycles. The van der Waals surface area contributed by atoms with Crippen LogP contribution in [0.25, 0.3) is 0 Å². The first-order chi connectivity index (χ1) is 13.3. The highest BCUT2D eigenvalue weighted by molar-refractivity contribution is 6.30. The van der Waals surface area contributed by atoms with Crippen LogP contribution in [0.5, 0.6) is 0 Å². The van der Waals surface area contributed by atoms with E-state index in [-0.39, 0.29) is 5.56 Å². The van der Waals surface area contributed by atoms with E-state index in [9.17, 15) is 25.0 Å². The summed E-state index contributed by atoms with van der Waals surface area (Å²) < 4.78 is 0. The number of hydrogen-bond donors (Lipinski definition) is 0. The average Bonchev–Trinajstić information content (AvgIpc) is 2.69. The van der Waals surface area contributed by atoms with E-state index in [0.717, 1.165) is 30.3 Å². The number of piperazine rings is 1. The van der Waals surface area contributed by atoms with Gasteiger partial charge in [-0.15, -0.1) is 0 Å². The van der Waals surface area contributed by atoms with Crippen LogP contribution in [0, 0.1) is 20.2 Å². The monoisotopic (exact) mass is 404 g/mol. The standard InChI is InChI=1S/C18H17ClN4O5/c19-15-3-1-13(2-4-15)12-20-5-7-21(8-6-20)18(24)14-9-16(22(25)26)11-17(10-14)23(27)28/h1-4,9-11H,5-8,12H2. The number of halogens is 1. The predicted octanol–water partition coefficient (Wildman–Crippen LogP) is 3.11. The van der Waals surface area contributed by atoms with Crippen LogP contribution in [0.2, 0.25) is 5.02 Å². The third kappa shape index (κ3) is 4.62. The molecule has 0 saturated carbocycles. The zero-order valence-electron chi connectivity index (χ0n) is 14.8. The van der Waals surface area contributed by atoms with E-state index >= 15 is 0 Å². The number of nitro groups is 2. The molecule has 10 heteroatoms. The van der Waals surface area contributed by atoms with Gasteiger partial charge in [0.1, 0.15) is 0 Å². The topological polar surface area (TPSA) is 110 Å². The zero-order valence-corrected chi connectivity index (χ0v) is 15.5. The van der Waals surface area contributed by atoms with Crippen molar-refractivity contribution in [1.82, 2.24) is 9.80 Å². The molecule has 9 nitrogen and oxygen atoms in total. The van der Waals surface area contributed by atoms with E-state index in [0.29, 0.717) is 31.2 Å². The van der Waals surface area contributed by atoms with Gasteiger partial charge in [-0.05, 0) is 17.7 Å². The minimum absolute atomic E-state index is 0.0490. The van der Waals surface area contributed by atoms with Gasteiger partial charge in [0, 0.05) is 49.9 Å². The first kappa shape index (κ1) is 19.7. The maximum Gasteiger partial charge on any atom is 0.277 e. The van der Waals surface area contributed by atoms with Gasteiger partial charge >= 0.3 is 0 Å².